The first kappa shape index (κ1) is 16.3. The molecule has 0 radical (unpaired) electrons. The number of fused-ring (bicyclic) bond motifs is 1. The van der Waals surface area contributed by atoms with Gasteiger partial charge in [-0.05, 0) is 24.3 Å². The van der Waals surface area contributed by atoms with Gasteiger partial charge in [0.25, 0.3) is 5.91 Å². The van der Waals surface area contributed by atoms with E-state index in [1.54, 1.807) is 18.3 Å². The minimum Gasteiger partial charge on any atom is -0.338 e. The average molecular weight is 358 g/mol. The van der Waals surface area contributed by atoms with E-state index in [-0.39, 0.29) is 5.91 Å². The summed E-state index contributed by atoms with van der Waals surface area (Å²) >= 11 is 0. The molecule has 0 unspecified atom stereocenters. The number of pyridine rings is 1. The van der Waals surface area contributed by atoms with E-state index >= 15 is 0 Å². The van der Waals surface area contributed by atoms with Gasteiger partial charge in [-0.1, -0.05) is 18.2 Å². The molecule has 0 aliphatic carbocycles. The van der Waals surface area contributed by atoms with Gasteiger partial charge in [-0.25, -0.2) is 19.9 Å². The molecule has 0 saturated heterocycles. The maximum absolute atomic E-state index is 12.2. The molecule has 1 aromatic carbocycles. The molecular formula is C18H14N8O. The highest BCUT2D eigenvalue weighted by Crippen LogP contribution is 2.23. The van der Waals surface area contributed by atoms with Crippen LogP contribution in [0, 0.1) is 0 Å². The molecule has 0 aliphatic heterocycles. The number of hydrogen-bond acceptors (Lipinski definition) is 8. The minimum absolute atomic E-state index is 0.341. The zero-order valence-electron chi connectivity index (χ0n) is 14.0. The number of amides is 1. The molecule has 132 valence electrons. The van der Waals surface area contributed by atoms with Crippen molar-refractivity contribution in [3.8, 4) is 0 Å². The third kappa shape index (κ3) is 3.61. The summed E-state index contributed by atoms with van der Waals surface area (Å²) in [5, 5.41) is 3.20. The number of benzene rings is 1. The van der Waals surface area contributed by atoms with Crippen molar-refractivity contribution in [3.05, 3.63) is 73.1 Å². The van der Waals surface area contributed by atoms with Crippen molar-refractivity contribution in [2.24, 2.45) is 0 Å². The van der Waals surface area contributed by atoms with Crippen molar-refractivity contribution in [1.29, 1.82) is 0 Å². The van der Waals surface area contributed by atoms with E-state index in [0.29, 0.717) is 28.2 Å². The van der Waals surface area contributed by atoms with Crippen LogP contribution >= 0.6 is 0 Å². The van der Waals surface area contributed by atoms with Crippen LogP contribution in [0.2, 0.25) is 0 Å². The van der Waals surface area contributed by atoms with E-state index < -0.39 is 0 Å². The SMILES string of the molecule is O=C(NNc1ncnc2c(Nc3ccccc3)ncnc12)c1cccnc1. The highest BCUT2D eigenvalue weighted by molar-refractivity contribution is 5.96. The Hall–Kier alpha value is -4.14. The van der Waals surface area contributed by atoms with E-state index in [9.17, 15) is 4.79 Å². The molecule has 0 fully saturated rings. The van der Waals surface area contributed by atoms with Gasteiger partial charge in [0.2, 0.25) is 0 Å². The fourth-order valence-electron chi connectivity index (χ4n) is 2.41. The second-order valence-electron chi connectivity index (χ2n) is 5.45. The van der Waals surface area contributed by atoms with Crippen molar-refractivity contribution in [2.45, 2.75) is 0 Å². The monoisotopic (exact) mass is 358 g/mol. The van der Waals surface area contributed by atoms with Crippen LogP contribution in [-0.2, 0) is 0 Å². The number of carbonyl (C=O) groups is 1. The van der Waals surface area contributed by atoms with Gasteiger partial charge in [0.1, 0.15) is 23.7 Å². The first-order valence-corrected chi connectivity index (χ1v) is 8.05. The first-order chi connectivity index (χ1) is 13.3. The predicted octanol–water partition coefficient (Wildman–Crippen LogP) is 2.32. The first-order valence-electron chi connectivity index (χ1n) is 8.05. The highest BCUT2D eigenvalue weighted by atomic mass is 16.2. The van der Waals surface area contributed by atoms with E-state index in [1.807, 2.05) is 30.3 Å². The molecule has 0 bridgehead atoms. The fourth-order valence-corrected chi connectivity index (χ4v) is 2.41. The molecule has 0 saturated carbocycles. The number of nitrogens with zero attached hydrogens (tertiary/aromatic N) is 5. The summed E-state index contributed by atoms with van der Waals surface area (Å²) in [4.78, 5) is 33.0. The molecule has 0 spiro atoms. The van der Waals surface area contributed by atoms with Crippen LogP contribution in [0.25, 0.3) is 11.0 Å². The van der Waals surface area contributed by atoms with Gasteiger partial charge in [-0.2, -0.15) is 0 Å². The second kappa shape index (κ2) is 7.40. The smallest absolute Gasteiger partial charge is 0.271 e. The standard InChI is InChI=1S/C18H14N8O/c27-18(12-5-4-8-19-9-12)26-25-17-15-14(20-11-23-17)16(22-10-21-15)24-13-6-2-1-3-7-13/h1-11H,(H,26,27)(H,20,23,25)(H,21,22,24). The normalized spacial score (nSPS) is 10.4. The summed E-state index contributed by atoms with van der Waals surface area (Å²) in [6, 6.07) is 12.9. The van der Waals surface area contributed by atoms with E-state index in [1.165, 1.54) is 18.9 Å². The molecule has 3 aromatic heterocycles. The van der Waals surface area contributed by atoms with Gasteiger partial charge in [-0.3, -0.25) is 20.6 Å². The molecule has 9 heteroatoms. The topological polar surface area (TPSA) is 118 Å². The van der Waals surface area contributed by atoms with Crippen LogP contribution < -0.4 is 16.2 Å². The summed E-state index contributed by atoms with van der Waals surface area (Å²) in [6.07, 6.45) is 5.85. The van der Waals surface area contributed by atoms with Crippen LogP contribution in [0.4, 0.5) is 17.3 Å². The molecule has 3 heterocycles. The number of rotatable bonds is 5. The molecule has 0 atom stereocenters. The molecular weight excluding hydrogens is 344 g/mol. The third-order valence-corrected chi connectivity index (χ3v) is 3.67. The number of nitrogens with one attached hydrogen (secondary N) is 3. The number of hydrazine groups is 1. The Balaban J connectivity index is 1.59. The quantitative estimate of drug-likeness (QED) is 0.465. The van der Waals surface area contributed by atoms with Gasteiger partial charge in [0.15, 0.2) is 11.6 Å². The lowest BCUT2D eigenvalue weighted by Crippen LogP contribution is -2.30. The molecule has 3 N–H and O–H groups in total. The highest BCUT2D eigenvalue weighted by Gasteiger charge is 2.12. The van der Waals surface area contributed by atoms with Crippen molar-refractivity contribution in [1.82, 2.24) is 30.3 Å². The average Bonchev–Trinajstić information content (AvgIpc) is 2.73. The summed E-state index contributed by atoms with van der Waals surface area (Å²) in [7, 11) is 0. The van der Waals surface area contributed by atoms with Gasteiger partial charge in [-0.15, -0.1) is 0 Å². The number of aromatic nitrogens is 5. The zero-order chi connectivity index (χ0) is 18.5. The summed E-state index contributed by atoms with van der Waals surface area (Å²) in [5.74, 6) is 0.553. The van der Waals surface area contributed by atoms with Crippen molar-refractivity contribution in [3.63, 3.8) is 0 Å². The molecule has 27 heavy (non-hydrogen) atoms. The van der Waals surface area contributed by atoms with Crippen LogP contribution in [0.1, 0.15) is 10.4 Å². The van der Waals surface area contributed by atoms with Gasteiger partial charge in [0.05, 0.1) is 5.56 Å². The zero-order valence-corrected chi connectivity index (χ0v) is 14.0. The predicted molar refractivity (Wildman–Crippen MR) is 100 cm³/mol. The Labute approximate surface area is 153 Å². The fraction of sp³-hybridized carbons (Fsp3) is 0. The number of para-hydroxylation sites is 1. The van der Waals surface area contributed by atoms with Crippen LogP contribution in [-0.4, -0.2) is 30.8 Å². The Morgan fingerprint density at radius 3 is 2.30 bits per heavy atom. The molecule has 4 aromatic rings. The second-order valence-corrected chi connectivity index (χ2v) is 5.45. The van der Waals surface area contributed by atoms with Crippen LogP contribution in [0.3, 0.4) is 0 Å². The lowest BCUT2D eigenvalue weighted by atomic mass is 10.3. The Bertz CT molecular complexity index is 1070. The molecule has 0 aliphatic rings. The van der Waals surface area contributed by atoms with Crippen molar-refractivity contribution in [2.75, 3.05) is 10.7 Å². The number of anilines is 3. The summed E-state index contributed by atoms with van der Waals surface area (Å²) in [5.41, 5.74) is 7.64. The molecule has 4 rings (SSSR count). The summed E-state index contributed by atoms with van der Waals surface area (Å²) < 4.78 is 0. The molecule has 1 amide bonds. The minimum atomic E-state index is -0.341. The Morgan fingerprint density at radius 2 is 1.56 bits per heavy atom. The van der Waals surface area contributed by atoms with Crippen molar-refractivity contribution < 1.29 is 4.79 Å². The Kier molecular flexibility index (Phi) is 4.48. The lowest BCUT2D eigenvalue weighted by molar-refractivity contribution is 0.0962. The van der Waals surface area contributed by atoms with Crippen molar-refractivity contribution >= 4 is 34.3 Å². The third-order valence-electron chi connectivity index (χ3n) is 3.67. The van der Waals surface area contributed by atoms with E-state index in [2.05, 4.69) is 41.1 Å². The number of hydrogen-bond donors (Lipinski definition) is 3. The van der Waals surface area contributed by atoms with Crippen LogP contribution in [0.5, 0.6) is 0 Å². The maximum atomic E-state index is 12.2. The summed E-state index contributed by atoms with van der Waals surface area (Å²) in [6.45, 7) is 0. The van der Waals surface area contributed by atoms with Crippen LogP contribution in [0.15, 0.2) is 67.5 Å². The van der Waals surface area contributed by atoms with Gasteiger partial charge >= 0.3 is 0 Å². The van der Waals surface area contributed by atoms with E-state index in [4.69, 9.17) is 0 Å². The Morgan fingerprint density at radius 1 is 0.815 bits per heavy atom. The van der Waals surface area contributed by atoms with Gasteiger partial charge in [0, 0.05) is 18.1 Å². The maximum Gasteiger partial charge on any atom is 0.271 e. The lowest BCUT2D eigenvalue weighted by Gasteiger charge is -2.11. The van der Waals surface area contributed by atoms with Gasteiger partial charge < -0.3 is 5.32 Å². The largest absolute Gasteiger partial charge is 0.338 e. The molecule has 9 nitrogen and oxygen atoms in total. The van der Waals surface area contributed by atoms with E-state index in [0.717, 1.165) is 5.69 Å². The number of carbonyl (C=O) groups excluding carboxylic acids is 1.